The van der Waals surface area contributed by atoms with Crippen LogP contribution >= 0.6 is 11.5 Å². The summed E-state index contributed by atoms with van der Waals surface area (Å²) in [7, 11) is 0. The molecule has 0 saturated carbocycles. The minimum atomic E-state index is -0.233. The Morgan fingerprint density at radius 3 is 2.79 bits per heavy atom. The van der Waals surface area contributed by atoms with E-state index in [0.717, 1.165) is 41.0 Å². The van der Waals surface area contributed by atoms with Gasteiger partial charge < -0.3 is 10.2 Å². The molecule has 4 heterocycles. The van der Waals surface area contributed by atoms with E-state index in [-0.39, 0.29) is 17.8 Å². The van der Waals surface area contributed by atoms with Crippen molar-refractivity contribution in [2.45, 2.75) is 25.3 Å². The molecule has 6 rings (SSSR count). The lowest BCUT2D eigenvalue weighted by Gasteiger charge is -2.44. The van der Waals surface area contributed by atoms with Crippen LogP contribution in [-0.4, -0.2) is 40.9 Å². The summed E-state index contributed by atoms with van der Waals surface area (Å²) >= 11 is 1.37. The van der Waals surface area contributed by atoms with Crippen LogP contribution in [0.4, 0.5) is 4.39 Å². The Morgan fingerprint density at radius 1 is 1.21 bits per heavy atom. The van der Waals surface area contributed by atoms with Gasteiger partial charge in [-0.05, 0) is 61.1 Å². The number of nitrogens with zero attached hydrogens (tertiary/aromatic N) is 2. The van der Waals surface area contributed by atoms with Crippen LogP contribution in [-0.2, 0) is 11.2 Å². The van der Waals surface area contributed by atoms with Crippen molar-refractivity contribution in [2.24, 2.45) is 5.92 Å². The van der Waals surface area contributed by atoms with Gasteiger partial charge in [-0.1, -0.05) is 30.3 Å². The molecule has 3 aromatic rings. The zero-order chi connectivity index (χ0) is 19.1. The first-order valence-electron chi connectivity index (χ1n) is 9.82. The van der Waals surface area contributed by atoms with Crippen LogP contribution in [0, 0.1) is 11.7 Å². The molecule has 1 atom stereocenters. The minimum Gasteiger partial charge on any atom is -0.351 e. The van der Waals surface area contributed by atoms with Gasteiger partial charge in [-0.3, -0.25) is 4.79 Å². The number of hydrogen-bond acceptors (Lipinski definition) is 4. The van der Waals surface area contributed by atoms with Gasteiger partial charge in [0.15, 0.2) is 0 Å². The highest BCUT2D eigenvalue weighted by molar-refractivity contribution is 7.13. The van der Waals surface area contributed by atoms with Crippen LogP contribution in [0.3, 0.4) is 0 Å². The molecule has 2 bridgehead atoms. The summed E-state index contributed by atoms with van der Waals surface area (Å²) < 4.78 is 19.6. The molecular formula is C22H22FN3OS. The number of aromatic nitrogens is 1. The van der Waals surface area contributed by atoms with Crippen LogP contribution in [0.1, 0.15) is 18.5 Å². The highest BCUT2D eigenvalue weighted by Crippen LogP contribution is 2.31. The number of piperidine rings is 3. The molecule has 3 aliphatic rings. The second-order valence-electron chi connectivity index (χ2n) is 7.81. The fourth-order valence-corrected chi connectivity index (χ4v) is 5.35. The zero-order valence-corrected chi connectivity index (χ0v) is 16.3. The summed E-state index contributed by atoms with van der Waals surface area (Å²) in [4.78, 5) is 15.1. The van der Waals surface area contributed by atoms with E-state index in [1.807, 2.05) is 24.3 Å². The molecule has 0 radical (unpaired) electrons. The molecule has 3 aliphatic heterocycles. The van der Waals surface area contributed by atoms with E-state index in [4.69, 9.17) is 0 Å². The molecule has 4 nitrogen and oxygen atoms in total. The molecule has 0 spiro atoms. The Labute approximate surface area is 167 Å². The first-order valence-corrected chi connectivity index (χ1v) is 10.6. The number of carbonyl (C=O) groups is 1. The monoisotopic (exact) mass is 395 g/mol. The van der Waals surface area contributed by atoms with E-state index in [2.05, 4.69) is 14.6 Å². The van der Waals surface area contributed by atoms with E-state index in [9.17, 15) is 9.18 Å². The summed E-state index contributed by atoms with van der Waals surface area (Å²) in [5, 5.41) is 4.21. The Kier molecular flexibility index (Phi) is 4.61. The lowest BCUT2D eigenvalue weighted by atomic mass is 9.84. The van der Waals surface area contributed by atoms with Gasteiger partial charge in [0.05, 0.1) is 16.8 Å². The number of hydrogen-bond donors (Lipinski definition) is 1. The number of rotatable bonds is 4. The maximum atomic E-state index is 14.1. The molecule has 0 aliphatic carbocycles. The van der Waals surface area contributed by atoms with E-state index in [0.29, 0.717) is 17.9 Å². The van der Waals surface area contributed by atoms with Gasteiger partial charge >= 0.3 is 0 Å². The predicted molar refractivity (Wildman–Crippen MR) is 110 cm³/mol. The largest absolute Gasteiger partial charge is 0.351 e. The highest BCUT2D eigenvalue weighted by atomic mass is 32.1. The molecule has 1 amide bonds. The van der Waals surface area contributed by atoms with Gasteiger partial charge in [-0.15, -0.1) is 0 Å². The molecule has 1 aromatic heterocycles. The third-order valence-electron chi connectivity index (χ3n) is 6.06. The lowest BCUT2D eigenvalue weighted by molar-refractivity contribution is -0.122. The standard InChI is InChI=1S/C22H22FN3OS/c23-18-4-2-1-3-16(18)15-5-6-17-19(25-28-21(17)11-15)12-22(27)24-20-13-26-9-7-14(20)8-10-26/h1-6,11,14,20H,7-10,12-13H2,(H,24,27). The maximum absolute atomic E-state index is 14.1. The fraction of sp³-hybridized carbons (Fsp3) is 0.364. The first kappa shape index (κ1) is 17.8. The number of carbonyl (C=O) groups excluding carboxylic acids is 1. The molecule has 1 unspecified atom stereocenters. The smallest absolute Gasteiger partial charge is 0.226 e. The molecule has 3 fully saturated rings. The highest BCUT2D eigenvalue weighted by Gasteiger charge is 2.34. The van der Waals surface area contributed by atoms with Crippen molar-refractivity contribution in [1.29, 1.82) is 0 Å². The number of benzene rings is 2. The fourth-order valence-electron chi connectivity index (χ4n) is 4.52. The van der Waals surface area contributed by atoms with Crippen molar-refractivity contribution < 1.29 is 9.18 Å². The van der Waals surface area contributed by atoms with E-state index < -0.39 is 0 Å². The topological polar surface area (TPSA) is 45.2 Å². The SMILES string of the molecule is O=C(Cc1nsc2cc(-c3ccccc3F)ccc12)NC1CN2CCC1CC2. The molecular weight excluding hydrogens is 373 g/mol. The number of amides is 1. The average Bonchev–Trinajstić information content (AvgIpc) is 3.11. The van der Waals surface area contributed by atoms with Gasteiger partial charge in [-0.2, -0.15) is 4.37 Å². The van der Waals surface area contributed by atoms with Crippen LogP contribution in [0.2, 0.25) is 0 Å². The van der Waals surface area contributed by atoms with Gasteiger partial charge in [-0.25, -0.2) is 4.39 Å². The third-order valence-corrected chi connectivity index (χ3v) is 6.91. The van der Waals surface area contributed by atoms with Gasteiger partial charge in [0.1, 0.15) is 5.82 Å². The number of halogens is 1. The van der Waals surface area contributed by atoms with Crippen LogP contribution in [0.5, 0.6) is 0 Å². The molecule has 3 saturated heterocycles. The second kappa shape index (κ2) is 7.26. The van der Waals surface area contributed by atoms with Crippen LogP contribution < -0.4 is 5.32 Å². The Morgan fingerprint density at radius 2 is 2.04 bits per heavy atom. The molecule has 28 heavy (non-hydrogen) atoms. The van der Waals surface area contributed by atoms with Crippen molar-refractivity contribution in [3.05, 3.63) is 54.0 Å². The van der Waals surface area contributed by atoms with Crippen molar-refractivity contribution in [2.75, 3.05) is 19.6 Å². The van der Waals surface area contributed by atoms with Crippen molar-refractivity contribution in [3.63, 3.8) is 0 Å². The van der Waals surface area contributed by atoms with Crippen molar-refractivity contribution in [1.82, 2.24) is 14.6 Å². The predicted octanol–water partition coefficient (Wildman–Crippen LogP) is 3.86. The Bertz CT molecular complexity index is 1030. The normalized spacial score (nSPS) is 23.8. The summed E-state index contributed by atoms with van der Waals surface area (Å²) in [5.74, 6) is 0.428. The average molecular weight is 396 g/mol. The second-order valence-corrected chi connectivity index (χ2v) is 8.61. The number of fused-ring (bicyclic) bond motifs is 4. The first-order chi connectivity index (χ1) is 13.7. The summed E-state index contributed by atoms with van der Waals surface area (Å²) in [6.45, 7) is 3.30. The quantitative estimate of drug-likeness (QED) is 0.730. The third kappa shape index (κ3) is 3.31. The van der Waals surface area contributed by atoms with E-state index in [1.54, 1.807) is 12.1 Å². The van der Waals surface area contributed by atoms with Crippen LogP contribution in [0.25, 0.3) is 21.2 Å². The number of nitrogens with one attached hydrogen (secondary N) is 1. The van der Waals surface area contributed by atoms with Crippen LogP contribution in [0.15, 0.2) is 42.5 Å². The van der Waals surface area contributed by atoms with Crippen molar-refractivity contribution >= 4 is 27.5 Å². The van der Waals surface area contributed by atoms with Gasteiger partial charge in [0, 0.05) is 23.5 Å². The maximum Gasteiger partial charge on any atom is 0.226 e. The summed E-state index contributed by atoms with van der Waals surface area (Å²) in [6, 6.07) is 12.9. The Hall–Kier alpha value is -2.31. The summed E-state index contributed by atoms with van der Waals surface area (Å²) in [6.07, 6.45) is 2.66. The molecule has 2 aromatic carbocycles. The zero-order valence-electron chi connectivity index (χ0n) is 15.5. The molecule has 144 valence electrons. The van der Waals surface area contributed by atoms with Gasteiger partial charge in [0.25, 0.3) is 0 Å². The van der Waals surface area contributed by atoms with E-state index in [1.165, 1.54) is 30.4 Å². The van der Waals surface area contributed by atoms with Gasteiger partial charge in [0.2, 0.25) is 5.91 Å². The molecule has 1 N–H and O–H groups in total. The minimum absolute atomic E-state index is 0.0455. The Balaban J connectivity index is 1.32. The molecule has 6 heteroatoms. The van der Waals surface area contributed by atoms with Crippen molar-refractivity contribution in [3.8, 4) is 11.1 Å². The lowest BCUT2D eigenvalue weighted by Crippen LogP contribution is -2.57. The summed E-state index contributed by atoms with van der Waals surface area (Å²) in [5.41, 5.74) is 2.22. The van der Waals surface area contributed by atoms with E-state index >= 15 is 0 Å².